The second-order valence-electron chi connectivity index (χ2n) is 3.45. The Hall–Kier alpha value is -1.52. The number of alkyl halides is 2. The van der Waals surface area contributed by atoms with Gasteiger partial charge in [-0.15, -0.1) is 0 Å². The first-order valence-corrected chi connectivity index (χ1v) is 5.65. The summed E-state index contributed by atoms with van der Waals surface area (Å²) in [5, 5.41) is 8.51. The Kier molecular flexibility index (Phi) is 4.76. The van der Waals surface area contributed by atoms with Crippen molar-refractivity contribution in [2.45, 2.75) is 10.9 Å². The predicted molar refractivity (Wildman–Crippen MR) is 67.3 cm³/mol. The van der Waals surface area contributed by atoms with Crippen LogP contribution in [0.1, 0.15) is 12.0 Å². The highest BCUT2D eigenvalue weighted by Crippen LogP contribution is 2.35. The van der Waals surface area contributed by atoms with Gasteiger partial charge in [0.15, 0.2) is 0 Å². The number of carboxylic acid groups (broad SMARTS) is 1. The third-order valence-corrected chi connectivity index (χ3v) is 2.57. The van der Waals surface area contributed by atoms with Gasteiger partial charge in [-0.25, -0.2) is 4.79 Å². The van der Waals surface area contributed by atoms with E-state index in [1.807, 2.05) is 0 Å². The smallest absolute Gasteiger partial charge is 0.336 e. The summed E-state index contributed by atoms with van der Waals surface area (Å²) in [5.41, 5.74) is 0.133. The largest absolute Gasteiger partial charge is 0.481 e. The van der Waals surface area contributed by atoms with Crippen LogP contribution in [-0.4, -0.2) is 17.0 Å². The Balaban J connectivity index is 2.75. The molecule has 1 aromatic carbocycles. The molecule has 0 saturated carbocycles. The van der Waals surface area contributed by atoms with E-state index in [0.717, 1.165) is 0 Å². The normalized spacial score (nSPS) is 10.8. The summed E-state index contributed by atoms with van der Waals surface area (Å²) in [5.74, 6) is -2.14. The van der Waals surface area contributed by atoms with Crippen molar-refractivity contribution < 1.29 is 19.4 Å². The van der Waals surface area contributed by atoms with Crippen LogP contribution in [0.3, 0.4) is 0 Å². The summed E-state index contributed by atoms with van der Waals surface area (Å²) >= 11 is 11.7. The van der Waals surface area contributed by atoms with Crippen molar-refractivity contribution in [1.29, 1.82) is 0 Å². The van der Waals surface area contributed by atoms with Crippen LogP contribution in [0.4, 0.5) is 0 Å². The molecule has 1 rings (SSSR count). The molecule has 0 aromatic heterocycles. The number of carboxylic acids is 1. The maximum Gasteiger partial charge on any atom is 0.336 e. The molecule has 1 N–H and O–H groups in total. The number of hydrogen-bond donors (Lipinski definition) is 1. The molecule has 0 amide bonds. The molecule has 18 heavy (non-hydrogen) atoms. The van der Waals surface area contributed by atoms with Gasteiger partial charge >= 0.3 is 11.9 Å². The van der Waals surface area contributed by atoms with Gasteiger partial charge in [-0.3, -0.25) is 4.79 Å². The average Bonchev–Trinajstić information content (AvgIpc) is 2.28. The van der Waals surface area contributed by atoms with Crippen molar-refractivity contribution in [2.24, 2.45) is 0 Å². The number of aliphatic carboxylic acids is 1. The van der Waals surface area contributed by atoms with Crippen LogP contribution >= 0.6 is 23.2 Å². The predicted octanol–water partition coefficient (Wildman–Crippen LogP) is 2.85. The molecule has 4 nitrogen and oxygen atoms in total. The van der Waals surface area contributed by atoms with E-state index in [1.165, 1.54) is 0 Å². The van der Waals surface area contributed by atoms with E-state index in [0.29, 0.717) is 5.56 Å². The quantitative estimate of drug-likeness (QED) is 0.514. The van der Waals surface area contributed by atoms with Crippen molar-refractivity contribution in [3.63, 3.8) is 0 Å². The molecule has 0 unspecified atom stereocenters. The van der Waals surface area contributed by atoms with E-state index in [1.54, 1.807) is 30.3 Å². The number of carbonyl (C=O) groups is 2. The lowest BCUT2D eigenvalue weighted by molar-refractivity contribution is -0.145. The number of esters is 1. The molecule has 0 saturated heterocycles. The number of carbonyl (C=O) groups excluding carboxylic acids is 1. The SMILES string of the molecule is C=C(CC(=O)O)C(=O)OC(Cl)(Cl)c1ccccc1. The minimum atomic E-state index is -1.88. The Morgan fingerprint density at radius 3 is 2.33 bits per heavy atom. The number of rotatable bonds is 5. The van der Waals surface area contributed by atoms with E-state index in [-0.39, 0.29) is 5.57 Å². The molecule has 0 aliphatic rings. The first-order valence-electron chi connectivity index (χ1n) is 4.89. The van der Waals surface area contributed by atoms with Crippen molar-refractivity contribution >= 4 is 35.1 Å². The lowest BCUT2D eigenvalue weighted by Gasteiger charge is -2.20. The Morgan fingerprint density at radius 2 is 1.83 bits per heavy atom. The van der Waals surface area contributed by atoms with Gasteiger partial charge in [-0.1, -0.05) is 60.1 Å². The molecule has 0 aliphatic heterocycles. The Bertz CT molecular complexity index is 468. The van der Waals surface area contributed by atoms with Gasteiger partial charge in [0, 0.05) is 11.1 Å². The summed E-state index contributed by atoms with van der Waals surface area (Å²) < 4.78 is 2.94. The van der Waals surface area contributed by atoms with Crippen molar-refractivity contribution in [1.82, 2.24) is 0 Å². The average molecular weight is 289 g/mol. The number of hydrogen-bond acceptors (Lipinski definition) is 3. The highest BCUT2D eigenvalue weighted by molar-refractivity contribution is 6.47. The van der Waals surface area contributed by atoms with Gasteiger partial charge in [0.1, 0.15) is 0 Å². The molecule has 0 spiro atoms. The minimum absolute atomic E-state index is 0.232. The summed E-state index contributed by atoms with van der Waals surface area (Å²) in [4.78, 5) is 21.9. The van der Waals surface area contributed by atoms with Gasteiger partial charge in [0.25, 0.3) is 4.52 Å². The lowest BCUT2D eigenvalue weighted by Crippen LogP contribution is -2.22. The molecule has 96 valence electrons. The van der Waals surface area contributed by atoms with Crippen LogP contribution in [0.2, 0.25) is 0 Å². The monoisotopic (exact) mass is 288 g/mol. The highest BCUT2D eigenvalue weighted by atomic mass is 35.5. The van der Waals surface area contributed by atoms with Crippen LogP contribution in [-0.2, 0) is 18.8 Å². The van der Waals surface area contributed by atoms with E-state index in [9.17, 15) is 9.59 Å². The first kappa shape index (κ1) is 14.5. The molecule has 0 heterocycles. The fraction of sp³-hybridized carbons (Fsp3) is 0.167. The molecular formula is C12H10Cl2O4. The summed E-state index contributed by atoms with van der Waals surface area (Å²) in [7, 11) is 0. The maximum absolute atomic E-state index is 11.5. The second-order valence-corrected chi connectivity index (χ2v) is 4.70. The third-order valence-electron chi connectivity index (χ3n) is 1.98. The first-order chi connectivity index (χ1) is 8.33. The van der Waals surface area contributed by atoms with Crippen LogP contribution in [0, 0.1) is 0 Å². The second kappa shape index (κ2) is 5.89. The summed E-state index contributed by atoms with van der Waals surface area (Å²) in [6, 6.07) is 8.25. The molecule has 0 bridgehead atoms. The standard InChI is InChI=1S/C12H10Cl2O4/c1-8(7-10(15)16)11(17)18-12(13,14)9-5-3-2-4-6-9/h2-6H,1,7H2,(H,15,16). The molecule has 0 fully saturated rings. The Labute approximate surface area is 114 Å². The maximum atomic E-state index is 11.5. The van der Waals surface area contributed by atoms with Gasteiger partial charge in [-0.2, -0.15) is 0 Å². The van der Waals surface area contributed by atoms with E-state index < -0.39 is 22.9 Å². The molecular weight excluding hydrogens is 279 g/mol. The summed E-state index contributed by atoms with van der Waals surface area (Å²) in [6.07, 6.45) is -0.530. The summed E-state index contributed by atoms with van der Waals surface area (Å²) in [6.45, 7) is 3.30. The molecule has 1 aromatic rings. The van der Waals surface area contributed by atoms with Crippen molar-refractivity contribution in [3.8, 4) is 0 Å². The van der Waals surface area contributed by atoms with E-state index >= 15 is 0 Å². The Morgan fingerprint density at radius 1 is 1.28 bits per heavy atom. The zero-order valence-electron chi connectivity index (χ0n) is 9.23. The molecule has 0 radical (unpaired) electrons. The third kappa shape index (κ3) is 4.05. The number of benzene rings is 1. The molecule has 0 aliphatic carbocycles. The topological polar surface area (TPSA) is 63.6 Å². The van der Waals surface area contributed by atoms with Crippen LogP contribution < -0.4 is 0 Å². The van der Waals surface area contributed by atoms with Gasteiger partial charge in [-0.05, 0) is 0 Å². The van der Waals surface area contributed by atoms with E-state index in [4.69, 9.17) is 33.0 Å². The molecule has 0 atom stereocenters. The minimum Gasteiger partial charge on any atom is -0.481 e. The van der Waals surface area contributed by atoms with Gasteiger partial charge in [0.2, 0.25) is 0 Å². The van der Waals surface area contributed by atoms with E-state index in [2.05, 4.69) is 6.58 Å². The number of ether oxygens (including phenoxy) is 1. The van der Waals surface area contributed by atoms with Crippen molar-refractivity contribution in [2.75, 3.05) is 0 Å². The zero-order valence-corrected chi connectivity index (χ0v) is 10.7. The van der Waals surface area contributed by atoms with Crippen molar-refractivity contribution in [3.05, 3.63) is 48.0 Å². The highest BCUT2D eigenvalue weighted by Gasteiger charge is 2.32. The van der Waals surface area contributed by atoms with Crippen LogP contribution in [0.15, 0.2) is 42.5 Å². The van der Waals surface area contributed by atoms with Crippen LogP contribution in [0.25, 0.3) is 0 Å². The zero-order chi connectivity index (χ0) is 13.8. The van der Waals surface area contributed by atoms with Crippen LogP contribution in [0.5, 0.6) is 0 Å². The van der Waals surface area contributed by atoms with Gasteiger partial charge < -0.3 is 9.84 Å². The lowest BCUT2D eigenvalue weighted by atomic mass is 10.2. The fourth-order valence-electron chi connectivity index (χ4n) is 1.13. The molecule has 6 heteroatoms. The van der Waals surface area contributed by atoms with Gasteiger partial charge in [0.05, 0.1) is 6.42 Å². The fourth-order valence-corrected chi connectivity index (χ4v) is 1.53. The number of halogens is 2.